The van der Waals surface area contributed by atoms with E-state index < -0.39 is 11.5 Å². The van der Waals surface area contributed by atoms with Crippen molar-refractivity contribution in [1.29, 1.82) is 0 Å². The van der Waals surface area contributed by atoms with Crippen LogP contribution in [0.25, 0.3) is 0 Å². The zero-order valence-corrected chi connectivity index (χ0v) is 16.7. The summed E-state index contributed by atoms with van der Waals surface area (Å²) < 4.78 is 5.06. The molecule has 0 aromatic heterocycles. The molecule has 1 atom stereocenters. The van der Waals surface area contributed by atoms with Crippen molar-refractivity contribution in [3.05, 3.63) is 25.3 Å². The zero-order valence-electron chi connectivity index (χ0n) is 16.7. The third-order valence-electron chi connectivity index (χ3n) is 4.98. The van der Waals surface area contributed by atoms with Crippen LogP contribution in [0.2, 0.25) is 0 Å². The Hall–Kier alpha value is -2.15. The van der Waals surface area contributed by atoms with E-state index in [0.29, 0.717) is 19.3 Å². The monoisotopic (exact) mass is 394 g/mol. The van der Waals surface area contributed by atoms with Gasteiger partial charge < -0.3 is 20.5 Å². The summed E-state index contributed by atoms with van der Waals surface area (Å²) in [5, 5.41) is 15.2. The fourth-order valence-electron chi connectivity index (χ4n) is 3.38. The van der Waals surface area contributed by atoms with E-state index in [-0.39, 0.29) is 44.0 Å². The average Bonchev–Trinajstić information content (AvgIpc) is 3.13. The zero-order chi connectivity index (χ0) is 20.8. The van der Waals surface area contributed by atoms with Gasteiger partial charge in [0.25, 0.3) is 0 Å². The molecule has 0 bridgehead atoms. The summed E-state index contributed by atoms with van der Waals surface area (Å²) in [5.74, 6) is -1.37. The van der Waals surface area contributed by atoms with Gasteiger partial charge in [-0.15, -0.1) is 13.2 Å². The number of aliphatic hydroxyl groups is 1. The van der Waals surface area contributed by atoms with E-state index in [1.165, 1.54) is 0 Å². The molecule has 0 aliphatic heterocycles. The van der Waals surface area contributed by atoms with E-state index in [9.17, 15) is 19.5 Å². The molecule has 0 unspecified atom stereocenters. The van der Waals surface area contributed by atoms with Gasteiger partial charge in [0.15, 0.2) is 0 Å². The van der Waals surface area contributed by atoms with Gasteiger partial charge in [-0.25, -0.2) is 0 Å². The summed E-state index contributed by atoms with van der Waals surface area (Å²) in [7, 11) is 0. The second kappa shape index (κ2) is 13.1. The van der Waals surface area contributed by atoms with Crippen LogP contribution >= 0.6 is 0 Å². The van der Waals surface area contributed by atoms with Crippen LogP contribution in [0.1, 0.15) is 57.8 Å². The number of unbranched alkanes of at least 4 members (excludes halogenated alkanes) is 1. The summed E-state index contributed by atoms with van der Waals surface area (Å²) in [4.78, 5) is 36.3. The van der Waals surface area contributed by atoms with E-state index in [1.807, 2.05) is 0 Å². The van der Waals surface area contributed by atoms with Gasteiger partial charge >= 0.3 is 5.97 Å². The van der Waals surface area contributed by atoms with Crippen LogP contribution in [0.4, 0.5) is 0 Å². The minimum absolute atomic E-state index is 0.0287. The molecule has 0 saturated heterocycles. The van der Waals surface area contributed by atoms with Crippen LogP contribution in [0, 0.1) is 5.92 Å². The van der Waals surface area contributed by atoms with Crippen LogP contribution in [0.15, 0.2) is 25.3 Å². The van der Waals surface area contributed by atoms with Crippen molar-refractivity contribution < 1.29 is 24.2 Å². The molecule has 158 valence electrons. The summed E-state index contributed by atoms with van der Waals surface area (Å²) in [6.07, 6.45) is 8.99. The Morgan fingerprint density at radius 3 is 2.50 bits per heavy atom. The highest BCUT2D eigenvalue weighted by Crippen LogP contribution is 2.29. The second-order valence-corrected chi connectivity index (χ2v) is 7.31. The van der Waals surface area contributed by atoms with Gasteiger partial charge in [0.05, 0.1) is 24.6 Å². The highest BCUT2D eigenvalue weighted by atomic mass is 16.5. The van der Waals surface area contributed by atoms with E-state index >= 15 is 0 Å². The number of rotatable bonds is 14. The van der Waals surface area contributed by atoms with Crippen molar-refractivity contribution >= 4 is 17.8 Å². The van der Waals surface area contributed by atoms with Crippen LogP contribution in [-0.4, -0.2) is 48.2 Å². The number of amides is 2. The highest BCUT2D eigenvalue weighted by Gasteiger charge is 2.35. The number of ether oxygens (including phenoxy) is 1. The molecule has 1 saturated carbocycles. The van der Waals surface area contributed by atoms with Crippen molar-refractivity contribution in [2.24, 2.45) is 5.92 Å². The maximum Gasteiger partial charge on any atom is 0.305 e. The van der Waals surface area contributed by atoms with Crippen LogP contribution in [-0.2, 0) is 19.1 Å². The van der Waals surface area contributed by atoms with Crippen molar-refractivity contribution in [3.63, 3.8) is 0 Å². The average molecular weight is 395 g/mol. The van der Waals surface area contributed by atoms with Gasteiger partial charge in [-0.1, -0.05) is 25.0 Å². The van der Waals surface area contributed by atoms with Crippen LogP contribution in [0.3, 0.4) is 0 Å². The topological polar surface area (TPSA) is 105 Å². The van der Waals surface area contributed by atoms with E-state index in [4.69, 9.17) is 4.74 Å². The van der Waals surface area contributed by atoms with E-state index in [1.54, 1.807) is 12.2 Å². The molecule has 0 heterocycles. The Labute approximate surface area is 167 Å². The standard InChI is InChI=1S/C21H34N2O5/c1-3-5-6-10-19(26)28-14-13-22-20(27)17(9-4-2)15-18(25)23-21(16-24)11-7-8-12-21/h3-4,17,24H,1-2,5-16H2,(H,22,27)(H,23,25)/t17-/m1/s1. The van der Waals surface area contributed by atoms with E-state index in [0.717, 1.165) is 32.1 Å². The number of hydrogen-bond acceptors (Lipinski definition) is 5. The van der Waals surface area contributed by atoms with Gasteiger partial charge in [-0.2, -0.15) is 0 Å². The van der Waals surface area contributed by atoms with Crippen LogP contribution in [0.5, 0.6) is 0 Å². The minimum Gasteiger partial charge on any atom is -0.464 e. The third-order valence-corrected chi connectivity index (χ3v) is 4.98. The van der Waals surface area contributed by atoms with Crippen molar-refractivity contribution in [2.75, 3.05) is 19.8 Å². The van der Waals surface area contributed by atoms with Crippen molar-refractivity contribution in [3.8, 4) is 0 Å². The van der Waals surface area contributed by atoms with Crippen molar-refractivity contribution in [1.82, 2.24) is 10.6 Å². The fraction of sp³-hybridized carbons (Fsp3) is 0.667. The number of esters is 1. The Bertz CT molecular complexity index is 541. The number of carbonyl (C=O) groups excluding carboxylic acids is 3. The Morgan fingerprint density at radius 1 is 1.18 bits per heavy atom. The van der Waals surface area contributed by atoms with Gasteiger partial charge in [-0.3, -0.25) is 14.4 Å². The molecule has 0 spiro atoms. The molecular weight excluding hydrogens is 360 g/mol. The number of allylic oxidation sites excluding steroid dienone is 2. The first-order valence-corrected chi connectivity index (χ1v) is 10.0. The molecule has 28 heavy (non-hydrogen) atoms. The second-order valence-electron chi connectivity index (χ2n) is 7.31. The lowest BCUT2D eigenvalue weighted by Gasteiger charge is -2.28. The lowest BCUT2D eigenvalue weighted by molar-refractivity contribution is -0.144. The molecule has 1 fully saturated rings. The highest BCUT2D eigenvalue weighted by molar-refractivity contribution is 5.86. The number of hydrogen-bond donors (Lipinski definition) is 3. The first-order valence-electron chi connectivity index (χ1n) is 10.0. The van der Waals surface area contributed by atoms with Gasteiger partial charge in [0.1, 0.15) is 6.61 Å². The lowest BCUT2D eigenvalue weighted by atomic mass is 9.96. The molecule has 0 aromatic rings. The van der Waals surface area contributed by atoms with Crippen molar-refractivity contribution in [2.45, 2.75) is 63.3 Å². The predicted molar refractivity (Wildman–Crippen MR) is 107 cm³/mol. The third kappa shape index (κ3) is 8.69. The van der Waals surface area contributed by atoms with Gasteiger partial charge in [0, 0.05) is 12.8 Å². The molecule has 0 aromatic carbocycles. The molecule has 7 nitrogen and oxygen atoms in total. The molecule has 7 heteroatoms. The van der Waals surface area contributed by atoms with Gasteiger partial charge in [-0.05, 0) is 32.1 Å². The quantitative estimate of drug-likeness (QED) is 0.237. The Morgan fingerprint density at radius 2 is 1.89 bits per heavy atom. The SMILES string of the molecule is C=CCCCC(=O)OCCNC(=O)[C@H](CC=C)CC(=O)NC1(CO)CCCC1. The Balaban J connectivity index is 2.37. The molecule has 2 amide bonds. The fourth-order valence-corrected chi connectivity index (χ4v) is 3.38. The first-order chi connectivity index (χ1) is 13.5. The summed E-state index contributed by atoms with van der Waals surface area (Å²) >= 11 is 0. The molecular formula is C21H34N2O5. The first kappa shape index (κ1) is 23.9. The summed E-state index contributed by atoms with van der Waals surface area (Å²) in [6, 6.07) is 0. The normalized spacial score (nSPS) is 16.0. The number of nitrogens with one attached hydrogen (secondary N) is 2. The maximum absolute atomic E-state index is 12.4. The lowest BCUT2D eigenvalue weighted by Crippen LogP contribution is -2.50. The molecule has 3 N–H and O–H groups in total. The van der Waals surface area contributed by atoms with Gasteiger partial charge in [0.2, 0.25) is 11.8 Å². The van der Waals surface area contributed by atoms with Crippen LogP contribution < -0.4 is 10.6 Å². The molecule has 1 aliphatic rings. The summed E-state index contributed by atoms with van der Waals surface area (Å²) in [5.41, 5.74) is -0.550. The molecule has 1 rings (SSSR count). The van der Waals surface area contributed by atoms with E-state index in [2.05, 4.69) is 23.8 Å². The smallest absolute Gasteiger partial charge is 0.305 e. The number of carbonyl (C=O) groups is 3. The minimum atomic E-state index is -0.550. The largest absolute Gasteiger partial charge is 0.464 e. The number of aliphatic hydroxyl groups excluding tert-OH is 1. The molecule has 1 aliphatic carbocycles. The molecule has 0 radical (unpaired) electrons. The maximum atomic E-state index is 12.4. The summed E-state index contributed by atoms with van der Waals surface area (Å²) in [6.45, 7) is 7.45. The Kier molecular flexibility index (Phi) is 11.2. The predicted octanol–water partition coefficient (Wildman–Crippen LogP) is 2.01.